The number of amides is 1. The van der Waals surface area contributed by atoms with Gasteiger partial charge in [0.1, 0.15) is 0 Å². The van der Waals surface area contributed by atoms with Gasteiger partial charge in [0.25, 0.3) is 5.91 Å². The SMILES string of the molecule is Cc1ncc(CN2CCN(C(=O)c3ccco3)CC2)s1. The van der Waals surface area contributed by atoms with Crippen molar-refractivity contribution in [2.24, 2.45) is 0 Å². The summed E-state index contributed by atoms with van der Waals surface area (Å²) in [5, 5.41) is 1.10. The number of hydrogen-bond donors (Lipinski definition) is 0. The maximum Gasteiger partial charge on any atom is 0.289 e. The molecule has 0 N–H and O–H groups in total. The fourth-order valence-electron chi connectivity index (χ4n) is 2.36. The lowest BCUT2D eigenvalue weighted by Gasteiger charge is -2.33. The van der Waals surface area contributed by atoms with Gasteiger partial charge < -0.3 is 9.32 Å². The Morgan fingerprint density at radius 2 is 2.20 bits per heavy atom. The molecule has 1 aliphatic heterocycles. The molecule has 6 heteroatoms. The van der Waals surface area contributed by atoms with Gasteiger partial charge in [0, 0.05) is 43.8 Å². The minimum absolute atomic E-state index is 0.0108. The van der Waals surface area contributed by atoms with Crippen LogP contribution in [-0.2, 0) is 6.54 Å². The highest BCUT2D eigenvalue weighted by atomic mass is 32.1. The summed E-state index contributed by atoms with van der Waals surface area (Å²) >= 11 is 1.74. The van der Waals surface area contributed by atoms with Crippen molar-refractivity contribution in [2.45, 2.75) is 13.5 Å². The third kappa shape index (κ3) is 2.91. The Labute approximate surface area is 121 Å². The number of hydrogen-bond acceptors (Lipinski definition) is 5. The van der Waals surface area contributed by atoms with Gasteiger partial charge in [-0.1, -0.05) is 0 Å². The van der Waals surface area contributed by atoms with E-state index in [1.54, 1.807) is 23.5 Å². The molecule has 1 fully saturated rings. The Balaban J connectivity index is 1.53. The van der Waals surface area contributed by atoms with Crippen molar-refractivity contribution in [3.63, 3.8) is 0 Å². The third-order valence-electron chi connectivity index (χ3n) is 3.44. The van der Waals surface area contributed by atoms with E-state index in [1.807, 2.05) is 18.0 Å². The Hall–Kier alpha value is -1.66. The van der Waals surface area contributed by atoms with Crippen molar-refractivity contribution in [3.05, 3.63) is 40.2 Å². The van der Waals surface area contributed by atoms with Gasteiger partial charge in [0.2, 0.25) is 0 Å². The molecule has 0 spiro atoms. The topological polar surface area (TPSA) is 49.6 Å². The van der Waals surface area contributed by atoms with Gasteiger partial charge in [-0.15, -0.1) is 11.3 Å². The Kier molecular flexibility index (Phi) is 3.84. The van der Waals surface area contributed by atoms with E-state index in [4.69, 9.17) is 4.42 Å². The van der Waals surface area contributed by atoms with E-state index in [0.29, 0.717) is 5.76 Å². The summed E-state index contributed by atoms with van der Waals surface area (Å²) in [6.07, 6.45) is 3.48. The molecule has 5 nitrogen and oxygen atoms in total. The Morgan fingerprint density at radius 1 is 1.40 bits per heavy atom. The van der Waals surface area contributed by atoms with Crippen LogP contribution in [0.25, 0.3) is 0 Å². The summed E-state index contributed by atoms with van der Waals surface area (Å²) in [6.45, 7) is 6.23. The molecule has 1 aliphatic rings. The van der Waals surface area contributed by atoms with Crippen LogP contribution in [0, 0.1) is 6.92 Å². The van der Waals surface area contributed by atoms with Crippen LogP contribution in [0.5, 0.6) is 0 Å². The molecule has 0 aromatic carbocycles. The number of aryl methyl sites for hydroxylation is 1. The first-order valence-electron chi connectivity index (χ1n) is 6.69. The number of piperazine rings is 1. The van der Waals surface area contributed by atoms with E-state index in [-0.39, 0.29) is 5.91 Å². The highest BCUT2D eigenvalue weighted by Gasteiger charge is 2.23. The van der Waals surface area contributed by atoms with E-state index in [9.17, 15) is 4.79 Å². The predicted molar refractivity (Wildman–Crippen MR) is 76.7 cm³/mol. The highest BCUT2D eigenvalue weighted by molar-refractivity contribution is 7.11. The van der Waals surface area contributed by atoms with Crippen molar-refractivity contribution in [3.8, 4) is 0 Å². The molecule has 1 amide bonds. The van der Waals surface area contributed by atoms with Crippen molar-refractivity contribution in [1.82, 2.24) is 14.8 Å². The summed E-state index contributed by atoms with van der Waals surface area (Å²) in [7, 11) is 0. The van der Waals surface area contributed by atoms with Crippen LogP contribution >= 0.6 is 11.3 Å². The van der Waals surface area contributed by atoms with Gasteiger partial charge in [-0.2, -0.15) is 0 Å². The summed E-state index contributed by atoms with van der Waals surface area (Å²) in [6, 6.07) is 3.46. The quantitative estimate of drug-likeness (QED) is 0.868. The Morgan fingerprint density at radius 3 is 2.80 bits per heavy atom. The van der Waals surface area contributed by atoms with E-state index in [2.05, 4.69) is 9.88 Å². The van der Waals surface area contributed by atoms with E-state index >= 15 is 0 Å². The summed E-state index contributed by atoms with van der Waals surface area (Å²) in [5.41, 5.74) is 0. The standard InChI is InChI=1S/C14H17N3O2S/c1-11-15-9-12(20-11)10-16-4-6-17(7-5-16)14(18)13-3-2-8-19-13/h2-3,8-9H,4-7,10H2,1H3. The number of furan rings is 1. The van der Waals surface area contributed by atoms with Crippen LogP contribution in [0.3, 0.4) is 0 Å². The lowest BCUT2D eigenvalue weighted by Crippen LogP contribution is -2.48. The number of thiazole rings is 1. The zero-order valence-corrected chi connectivity index (χ0v) is 12.2. The fraction of sp³-hybridized carbons (Fsp3) is 0.429. The van der Waals surface area contributed by atoms with Gasteiger partial charge in [0.05, 0.1) is 11.3 Å². The fourth-order valence-corrected chi connectivity index (χ4v) is 3.20. The lowest BCUT2D eigenvalue weighted by atomic mass is 10.3. The van der Waals surface area contributed by atoms with Crippen molar-refractivity contribution < 1.29 is 9.21 Å². The average molecular weight is 291 g/mol. The minimum Gasteiger partial charge on any atom is -0.459 e. The van der Waals surface area contributed by atoms with E-state index in [0.717, 1.165) is 37.7 Å². The Bertz CT molecular complexity index is 571. The van der Waals surface area contributed by atoms with Crippen LogP contribution in [-0.4, -0.2) is 46.9 Å². The van der Waals surface area contributed by atoms with Crippen molar-refractivity contribution in [1.29, 1.82) is 0 Å². The number of rotatable bonds is 3. The molecular formula is C14H17N3O2S. The maximum atomic E-state index is 12.1. The number of aromatic nitrogens is 1. The second-order valence-corrected chi connectivity index (χ2v) is 6.21. The molecule has 0 unspecified atom stereocenters. The molecule has 3 heterocycles. The molecule has 0 atom stereocenters. The maximum absolute atomic E-state index is 12.1. The average Bonchev–Trinajstić information content (AvgIpc) is 3.11. The molecule has 106 valence electrons. The molecule has 0 saturated carbocycles. The zero-order valence-electron chi connectivity index (χ0n) is 11.4. The normalized spacial score (nSPS) is 16.6. The summed E-state index contributed by atoms with van der Waals surface area (Å²) in [5.74, 6) is 0.416. The molecule has 0 aliphatic carbocycles. The second-order valence-electron chi connectivity index (χ2n) is 4.89. The number of carbonyl (C=O) groups is 1. The van der Waals surface area contributed by atoms with Crippen LogP contribution in [0.4, 0.5) is 0 Å². The summed E-state index contributed by atoms with van der Waals surface area (Å²) in [4.78, 5) is 21.9. The van der Waals surface area contributed by atoms with Crippen LogP contribution in [0.2, 0.25) is 0 Å². The smallest absolute Gasteiger partial charge is 0.289 e. The van der Waals surface area contributed by atoms with E-state index < -0.39 is 0 Å². The highest BCUT2D eigenvalue weighted by Crippen LogP contribution is 2.16. The first kappa shape index (κ1) is 13.3. The molecule has 1 saturated heterocycles. The summed E-state index contributed by atoms with van der Waals surface area (Å²) < 4.78 is 5.16. The molecular weight excluding hydrogens is 274 g/mol. The van der Waals surface area contributed by atoms with Gasteiger partial charge in [-0.05, 0) is 19.1 Å². The first-order valence-corrected chi connectivity index (χ1v) is 7.50. The van der Waals surface area contributed by atoms with Crippen LogP contribution < -0.4 is 0 Å². The van der Waals surface area contributed by atoms with Crippen LogP contribution in [0.15, 0.2) is 29.0 Å². The lowest BCUT2D eigenvalue weighted by molar-refractivity contribution is 0.0599. The molecule has 0 bridgehead atoms. The second kappa shape index (κ2) is 5.76. The van der Waals surface area contributed by atoms with Gasteiger partial charge in [0.15, 0.2) is 5.76 Å². The van der Waals surface area contributed by atoms with Gasteiger partial charge in [-0.25, -0.2) is 4.98 Å². The van der Waals surface area contributed by atoms with Crippen molar-refractivity contribution >= 4 is 17.2 Å². The number of nitrogens with zero attached hydrogens (tertiary/aromatic N) is 3. The van der Waals surface area contributed by atoms with Crippen LogP contribution in [0.1, 0.15) is 20.4 Å². The molecule has 2 aromatic rings. The predicted octanol–water partition coefficient (Wildman–Crippen LogP) is 2.00. The third-order valence-corrected chi connectivity index (χ3v) is 4.34. The molecule has 2 aromatic heterocycles. The zero-order chi connectivity index (χ0) is 13.9. The monoisotopic (exact) mass is 291 g/mol. The van der Waals surface area contributed by atoms with Crippen molar-refractivity contribution in [2.75, 3.05) is 26.2 Å². The largest absolute Gasteiger partial charge is 0.459 e. The van der Waals surface area contributed by atoms with Gasteiger partial charge >= 0.3 is 0 Å². The molecule has 0 radical (unpaired) electrons. The minimum atomic E-state index is -0.0108. The van der Waals surface area contributed by atoms with E-state index in [1.165, 1.54) is 11.1 Å². The molecule has 20 heavy (non-hydrogen) atoms. The first-order chi connectivity index (χ1) is 9.72. The molecule has 3 rings (SSSR count). The van der Waals surface area contributed by atoms with Gasteiger partial charge in [-0.3, -0.25) is 9.69 Å². The number of carbonyl (C=O) groups excluding carboxylic acids is 1.